The second-order valence-corrected chi connectivity index (χ2v) is 4.00. The van der Waals surface area contributed by atoms with Crippen LogP contribution in [0.25, 0.3) is 4.98 Å². The maximum absolute atomic E-state index is 12.3. The molecule has 1 aliphatic rings. The third-order valence-corrected chi connectivity index (χ3v) is 3.04. The van der Waals surface area contributed by atoms with E-state index in [2.05, 4.69) is 4.98 Å². The van der Waals surface area contributed by atoms with Crippen molar-refractivity contribution in [2.24, 2.45) is 0 Å². The van der Waals surface area contributed by atoms with Crippen LogP contribution in [0.2, 0.25) is 0 Å². The lowest BCUT2D eigenvalue weighted by atomic mass is 9.83. The summed E-state index contributed by atoms with van der Waals surface area (Å²) in [6, 6.07) is 11.3. The molecular formula is C14H7N2O2+. The molecule has 0 saturated heterocycles. The Labute approximate surface area is 102 Å². The van der Waals surface area contributed by atoms with Gasteiger partial charge in [-0.1, -0.05) is 30.3 Å². The Morgan fingerprint density at radius 1 is 0.778 bits per heavy atom. The van der Waals surface area contributed by atoms with Crippen molar-refractivity contribution in [1.82, 2.24) is 0 Å². The van der Waals surface area contributed by atoms with Gasteiger partial charge in [0.25, 0.3) is 0 Å². The van der Waals surface area contributed by atoms with Crippen LogP contribution in [-0.4, -0.2) is 11.6 Å². The summed E-state index contributed by atoms with van der Waals surface area (Å²) in [6.45, 7) is 0. The minimum atomic E-state index is -0.284. The van der Waals surface area contributed by atoms with E-state index in [9.17, 15) is 9.59 Å². The molecule has 18 heavy (non-hydrogen) atoms. The SMILES string of the molecule is N#[N+]c1cccc2c1C(=O)c1ccccc1C2=O. The normalized spacial score (nSPS) is 12.6. The Kier molecular flexibility index (Phi) is 2.07. The molecule has 2 aromatic rings. The molecule has 0 N–H and O–H groups in total. The molecule has 0 aliphatic heterocycles. The average molecular weight is 235 g/mol. The van der Waals surface area contributed by atoms with E-state index >= 15 is 0 Å². The highest BCUT2D eigenvalue weighted by atomic mass is 16.1. The van der Waals surface area contributed by atoms with Crippen molar-refractivity contribution in [2.45, 2.75) is 0 Å². The molecule has 1 aliphatic carbocycles. The van der Waals surface area contributed by atoms with Crippen molar-refractivity contribution in [2.75, 3.05) is 0 Å². The first kappa shape index (κ1) is 10.4. The van der Waals surface area contributed by atoms with Gasteiger partial charge in [-0.05, 0) is 6.07 Å². The van der Waals surface area contributed by atoms with Gasteiger partial charge in [0.1, 0.15) is 5.56 Å². The zero-order valence-corrected chi connectivity index (χ0v) is 9.25. The first-order valence-electron chi connectivity index (χ1n) is 5.40. The lowest BCUT2D eigenvalue weighted by molar-refractivity contribution is 0.0980. The Morgan fingerprint density at radius 2 is 1.39 bits per heavy atom. The molecule has 0 unspecified atom stereocenters. The van der Waals surface area contributed by atoms with Crippen LogP contribution >= 0.6 is 0 Å². The van der Waals surface area contributed by atoms with Gasteiger partial charge in [-0.25, -0.2) is 0 Å². The third-order valence-electron chi connectivity index (χ3n) is 3.04. The Hall–Kier alpha value is -2.80. The van der Waals surface area contributed by atoms with E-state index in [0.717, 1.165) is 0 Å². The maximum Gasteiger partial charge on any atom is 0.396 e. The van der Waals surface area contributed by atoms with Crippen molar-refractivity contribution < 1.29 is 9.59 Å². The van der Waals surface area contributed by atoms with Gasteiger partial charge in [0.15, 0.2) is 10.8 Å². The number of hydrogen-bond donors (Lipinski definition) is 0. The Balaban J connectivity index is 2.38. The van der Waals surface area contributed by atoms with Crippen molar-refractivity contribution in [3.63, 3.8) is 0 Å². The van der Waals surface area contributed by atoms with Crippen molar-refractivity contribution in [3.8, 4) is 0 Å². The molecule has 0 amide bonds. The van der Waals surface area contributed by atoms with Gasteiger partial charge in [-0.15, -0.1) is 0 Å². The first-order valence-corrected chi connectivity index (χ1v) is 5.40. The van der Waals surface area contributed by atoms with Crippen LogP contribution in [0, 0.1) is 5.39 Å². The summed E-state index contributed by atoms with van der Waals surface area (Å²) in [5, 5.41) is 8.91. The average Bonchev–Trinajstić information content (AvgIpc) is 2.44. The predicted octanol–water partition coefficient (Wildman–Crippen LogP) is 2.95. The fourth-order valence-electron chi connectivity index (χ4n) is 2.21. The quantitative estimate of drug-likeness (QED) is 0.563. The number of hydrogen-bond acceptors (Lipinski definition) is 3. The number of benzene rings is 2. The highest BCUT2D eigenvalue weighted by Crippen LogP contribution is 2.32. The smallest absolute Gasteiger partial charge is 0.289 e. The number of carbonyl (C=O) groups is 2. The number of rotatable bonds is 0. The lowest BCUT2D eigenvalue weighted by Crippen LogP contribution is -2.20. The van der Waals surface area contributed by atoms with Crippen LogP contribution in [0.1, 0.15) is 31.8 Å². The van der Waals surface area contributed by atoms with Crippen LogP contribution < -0.4 is 0 Å². The number of diazo groups is 1. The van der Waals surface area contributed by atoms with Gasteiger partial charge in [0.05, 0.1) is 0 Å². The fourth-order valence-corrected chi connectivity index (χ4v) is 2.21. The molecule has 2 aromatic carbocycles. The maximum atomic E-state index is 12.3. The van der Waals surface area contributed by atoms with Crippen LogP contribution in [0.3, 0.4) is 0 Å². The molecule has 84 valence electrons. The molecule has 3 rings (SSSR count). The first-order chi connectivity index (χ1) is 8.74. The number of ketones is 2. The highest BCUT2D eigenvalue weighted by molar-refractivity contribution is 6.30. The summed E-state index contributed by atoms with van der Waals surface area (Å²) < 4.78 is 0. The molecular weight excluding hydrogens is 228 g/mol. The van der Waals surface area contributed by atoms with Gasteiger partial charge in [-0.2, -0.15) is 0 Å². The van der Waals surface area contributed by atoms with E-state index in [1.165, 1.54) is 6.07 Å². The van der Waals surface area contributed by atoms with Gasteiger partial charge < -0.3 is 0 Å². The molecule has 0 radical (unpaired) electrons. The van der Waals surface area contributed by atoms with E-state index in [1.54, 1.807) is 36.4 Å². The molecule has 0 spiro atoms. The monoisotopic (exact) mass is 235 g/mol. The third kappa shape index (κ3) is 1.22. The van der Waals surface area contributed by atoms with Crippen molar-refractivity contribution >= 4 is 17.3 Å². The molecule has 4 heteroatoms. The van der Waals surface area contributed by atoms with E-state index < -0.39 is 0 Å². The summed E-state index contributed by atoms with van der Waals surface area (Å²) in [7, 11) is 0. The summed E-state index contributed by atoms with van der Waals surface area (Å²) in [5.74, 6) is -0.501. The van der Waals surface area contributed by atoms with E-state index in [-0.39, 0.29) is 28.4 Å². The molecule has 4 nitrogen and oxygen atoms in total. The standard InChI is InChI=1S/C14H7N2O2/c15-16-11-7-3-6-10-12(11)14(18)9-5-2-1-4-8(9)13(10)17/h1-7H/q+1. The Bertz CT molecular complexity index is 742. The zero-order valence-electron chi connectivity index (χ0n) is 9.25. The second-order valence-electron chi connectivity index (χ2n) is 4.00. The minimum absolute atomic E-state index is 0.125. The number of fused-ring (bicyclic) bond motifs is 2. The summed E-state index contributed by atoms with van der Waals surface area (Å²) in [4.78, 5) is 27.6. The Morgan fingerprint density at radius 3 is 2.06 bits per heavy atom. The largest absolute Gasteiger partial charge is 0.396 e. The molecule has 0 atom stereocenters. The zero-order chi connectivity index (χ0) is 12.7. The van der Waals surface area contributed by atoms with Gasteiger partial charge in [0.2, 0.25) is 11.2 Å². The molecule has 0 aromatic heterocycles. The highest BCUT2D eigenvalue weighted by Gasteiger charge is 2.35. The summed E-state index contributed by atoms with van der Waals surface area (Å²) in [6.07, 6.45) is 0. The predicted molar refractivity (Wildman–Crippen MR) is 64.5 cm³/mol. The van der Waals surface area contributed by atoms with Gasteiger partial charge in [-0.3, -0.25) is 9.59 Å². The van der Waals surface area contributed by atoms with E-state index in [4.69, 9.17) is 5.39 Å². The molecule has 0 bridgehead atoms. The number of nitrogens with zero attached hydrogens (tertiary/aromatic N) is 2. The van der Waals surface area contributed by atoms with Crippen LogP contribution in [0.15, 0.2) is 42.5 Å². The van der Waals surface area contributed by atoms with Crippen LogP contribution in [0.5, 0.6) is 0 Å². The van der Waals surface area contributed by atoms with E-state index in [1.807, 2.05) is 0 Å². The second kappa shape index (κ2) is 3.60. The molecule has 0 heterocycles. The van der Waals surface area contributed by atoms with Crippen LogP contribution in [0.4, 0.5) is 5.69 Å². The van der Waals surface area contributed by atoms with Gasteiger partial charge in [0, 0.05) is 22.8 Å². The van der Waals surface area contributed by atoms with Crippen molar-refractivity contribution in [1.29, 1.82) is 5.39 Å². The van der Waals surface area contributed by atoms with Gasteiger partial charge >= 0.3 is 5.69 Å². The fraction of sp³-hybridized carbons (Fsp3) is 0. The molecule has 0 fully saturated rings. The van der Waals surface area contributed by atoms with E-state index in [0.29, 0.717) is 11.1 Å². The van der Waals surface area contributed by atoms with Crippen LogP contribution in [-0.2, 0) is 0 Å². The topological polar surface area (TPSA) is 62.3 Å². The summed E-state index contributed by atoms with van der Waals surface area (Å²) >= 11 is 0. The number of carbonyl (C=O) groups excluding carboxylic acids is 2. The lowest BCUT2D eigenvalue weighted by Gasteiger charge is -2.14. The van der Waals surface area contributed by atoms with Crippen molar-refractivity contribution in [3.05, 3.63) is 69.7 Å². The summed E-state index contributed by atoms with van der Waals surface area (Å²) in [5.41, 5.74) is 1.33. The minimum Gasteiger partial charge on any atom is -0.289 e. The molecule has 0 saturated carbocycles.